The number of H-pyrrole nitrogens is 1. The maximum Gasteiger partial charge on any atom is 0.490 e. The van der Waals surface area contributed by atoms with Gasteiger partial charge in [-0.2, -0.15) is 23.5 Å². The molecule has 0 aliphatic rings. The van der Waals surface area contributed by atoms with Crippen LogP contribution in [0.15, 0.2) is 79.8 Å². The number of carbonyl (C=O) groups excluding carboxylic acids is 1. The number of carbonyl (C=O) groups is 2. The van der Waals surface area contributed by atoms with Crippen LogP contribution in [0.3, 0.4) is 0 Å². The molecule has 0 aliphatic heterocycles. The first-order valence-electron chi connectivity index (χ1n) is 11.5. The second kappa shape index (κ2) is 11.9. The number of pyridine rings is 1. The van der Waals surface area contributed by atoms with Gasteiger partial charge in [0.1, 0.15) is 12.0 Å². The number of benzene rings is 1. The number of carboxylic acid groups (broad SMARTS) is 1. The second-order valence-corrected chi connectivity index (χ2v) is 8.17. The first-order chi connectivity index (χ1) is 19.2. The number of halogens is 3. The van der Waals surface area contributed by atoms with Gasteiger partial charge in [-0.25, -0.2) is 14.8 Å². The molecule has 0 fully saturated rings. The lowest BCUT2D eigenvalue weighted by molar-refractivity contribution is -0.192. The minimum atomic E-state index is -5.08. The molecule has 1 amide bonds. The van der Waals surface area contributed by atoms with Crippen molar-refractivity contribution in [1.82, 2.24) is 29.7 Å². The minimum absolute atomic E-state index is 0.193. The number of alkyl halides is 3. The third-order valence-electron chi connectivity index (χ3n) is 5.53. The van der Waals surface area contributed by atoms with E-state index in [4.69, 9.17) is 9.90 Å². The van der Waals surface area contributed by atoms with Crippen LogP contribution in [0.5, 0.6) is 0 Å². The minimum Gasteiger partial charge on any atom is -0.475 e. The highest BCUT2D eigenvalue weighted by molar-refractivity contribution is 6.04. The van der Waals surface area contributed by atoms with Crippen LogP contribution in [0.2, 0.25) is 0 Å². The van der Waals surface area contributed by atoms with E-state index >= 15 is 0 Å². The number of rotatable bonds is 6. The summed E-state index contributed by atoms with van der Waals surface area (Å²) in [6, 6.07) is 14.5. The molecule has 0 saturated heterocycles. The summed E-state index contributed by atoms with van der Waals surface area (Å²) in [6.45, 7) is 0. The molecule has 1 atom stereocenters. The summed E-state index contributed by atoms with van der Waals surface area (Å²) in [5.41, 5.74) is 4.21. The molecule has 11 nitrogen and oxygen atoms in total. The summed E-state index contributed by atoms with van der Waals surface area (Å²) in [7, 11) is 0. The van der Waals surface area contributed by atoms with Crippen LogP contribution < -0.4 is 5.32 Å². The molecule has 1 aromatic carbocycles. The van der Waals surface area contributed by atoms with E-state index in [0.29, 0.717) is 11.3 Å². The molecule has 0 radical (unpaired) electrons. The number of nitrogens with one attached hydrogen (secondary N) is 2. The van der Waals surface area contributed by atoms with Crippen molar-refractivity contribution in [2.24, 2.45) is 0 Å². The summed E-state index contributed by atoms with van der Waals surface area (Å²) < 4.78 is 33.5. The van der Waals surface area contributed by atoms with Gasteiger partial charge in [-0.15, -0.1) is 0 Å². The smallest absolute Gasteiger partial charge is 0.475 e. The van der Waals surface area contributed by atoms with Crippen LogP contribution in [-0.2, 0) is 4.79 Å². The number of nitriles is 1. The number of aliphatic carboxylic acids is 1. The second-order valence-electron chi connectivity index (χ2n) is 8.17. The molecule has 5 aromatic rings. The highest BCUT2D eigenvalue weighted by Crippen LogP contribution is 2.28. The summed E-state index contributed by atoms with van der Waals surface area (Å²) in [5, 5.41) is 24.8. The van der Waals surface area contributed by atoms with Crippen LogP contribution in [0, 0.1) is 11.3 Å². The van der Waals surface area contributed by atoms with E-state index in [0.717, 1.165) is 27.9 Å². The molecular formula is C26H19F3N8O3. The lowest BCUT2D eigenvalue weighted by Gasteiger charge is -2.16. The number of hydrogen-bond donors (Lipinski definition) is 3. The average Bonchev–Trinajstić information content (AvgIpc) is 3.62. The van der Waals surface area contributed by atoms with Gasteiger partial charge in [-0.05, 0) is 35.9 Å². The number of carboxylic acids is 1. The van der Waals surface area contributed by atoms with Gasteiger partial charge >= 0.3 is 12.1 Å². The third-order valence-corrected chi connectivity index (χ3v) is 5.53. The van der Waals surface area contributed by atoms with E-state index in [-0.39, 0.29) is 18.4 Å². The summed E-state index contributed by atoms with van der Waals surface area (Å²) in [6.07, 6.45) is 5.23. The SMILES string of the molecule is N#CCC(c1cccc(C(=O)Nc2cccnc2)c1)n1cc(-c2ncnc3[nH]ccc23)cn1.O=C(O)C(F)(F)F. The zero-order valence-corrected chi connectivity index (χ0v) is 20.4. The Morgan fingerprint density at radius 2 is 1.95 bits per heavy atom. The maximum absolute atomic E-state index is 12.7. The average molecular weight is 548 g/mol. The van der Waals surface area contributed by atoms with Gasteiger partial charge in [-0.3, -0.25) is 14.5 Å². The Bertz CT molecular complexity index is 1680. The van der Waals surface area contributed by atoms with Crippen molar-refractivity contribution < 1.29 is 27.9 Å². The van der Waals surface area contributed by atoms with Crippen LogP contribution in [0.4, 0.5) is 18.9 Å². The van der Waals surface area contributed by atoms with Crippen molar-refractivity contribution in [3.8, 4) is 17.3 Å². The maximum atomic E-state index is 12.7. The molecule has 4 heterocycles. The van der Waals surface area contributed by atoms with E-state index < -0.39 is 12.1 Å². The van der Waals surface area contributed by atoms with Crippen LogP contribution >= 0.6 is 0 Å². The van der Waals surface area contributed by atoms with E-state index in [9.17, 15) is 23.2 Å². The van der Waals surface area contributed by atoms with Gasteiger partial charge < -0.3 is 15.4 Å². The Kier molecular flexibility index (Phi) is 8.14. The summed E-state index contributed by atoms with van der Waals surface area (Å²) >= 11 is 0. The van der Waals surface area contributed by atoms with Crippen LogP contribution in [0.1, 0.15) is 28.4 Å². The van der Waals surface area contributed by atoms with Crippen LogP contribution in [-0.4, -0.2) is 52.9 Å². The predicted molar refractivity (Wildman–Crippen MR) is 136 cm³/mol. The van der Waals surface area contributed by atoms with E-state index in [1.807, 2.05) is 24.5 Å². The van der Waals surface area contributed by atoms with Gasteiger partial charge in [0.2, 0.25) is 0 Å². The first kappa shape index (κ1) is 27.5. The van der Waals surface area contributed by atoms with Crippen molar-refractivity contribution in [2.45, 2.75) is 18.6 Å². The Morgan fingerprint density at radius 1 is 1.15 bits per heavy atom. The monoisotopic (exact) mass is 548 g/mol. The number of anilines is 1. The fraction of sp³-hybridized carbons (Fsp3) is 0.115. The molecule has 14 heteroatoms. The highest BCUT2D eigenvalue weighted by Gasteiger charge is 2.38. The Hall–Kier alpha value is -5.58. The molecule has 1 unspecified atom stereocenters. The molecule has 0 aliphatic carbocycles. The predicted octanol–water partition coefficient (Wildman–Crippen LogP) is 4.61. The lowest BCUT2D eigenvalue weighted by atomic mass is 10.0. The first-order valence-corrected chi connectivity index (χ1v) is 11.5. The van der Waals surface area contributed by atoms with E-state index in [1.54, 1.807) is 53.6 Å². The van der Waals surface area contributed by atoms with Crippen molar-refractivity contribution in [1.29, 1.82) is 5.26 Å². The molecule has 4 aromatic heterocycles. The van der Waals surface area contributed by atoms with Crippen LogP contribution in [0.25, 0.3) is 22.3 Å². The summed E-state index contributed by atoms with van der Waals surface area (Å²) in [5.74, 6) is -3.01. The lowest BCUT2D eigenvalue weighted by Crippen LogP contribution is -2.21. The number of fused-ring (bicyclic) bond motifs is 1. The fourth-order valence-electron chi connectivity index (χ4n) is 3.71. The van der Waals surface area contributed by atoms with Crippen molar-refractivity contribution in [3.63, 3.8) is 0 Å². The number of aromatic amines is 1. The Balaban J connectivity index is 0.000000470. The zero-order chi connectivity index (χ0) is 28.7. The quantitative estimate of drug-likeness (QED) is 0.277. The molecule has 3 N–H and O–H groups in total. The number of aromatic nitrogens is 6. The highest BCUT2D eigenvalue weighted by atomic mass is 19.4. The van der Waals surface area contributed by atoms with E-state index in [1.165, 1.54) is 6.33 Å². The molecular weight excluding hydrogens is 529 g/mol. The Morgan fingerprint density at radius 3 is 2.65 bits per heavy atom. The van der Waals surface area contributed by atoms with Crippen molar-refractivity contribution in [3.05, 3.63) is 90.9 Å². The Labute approximate surface area is 224 Å². The molecule has 5 rings (SSSR count). The number of nitrogens with zero attached hydrogens (tertiary/aromatic N) is 6. The largest absolute Gasteiger partial charge is 0.490 e. The van der Waals surface area contributed by atoms with Gasteiger partial charge in [-0.1, -0.05) is 12.1 Å². The van der Waals surface area contributed by atoms with Gasteiger partial charge in [0.05, 0.1) is 42.3 Å². The molecule has 40 heavy (non-hydrogen) atoms. The number of amides is 1. The van der Waals surface area contributed by atoms with Gasteiger partial charge in [0.15, 0.2) is 0 Å². The molecule has 0 spiro atoms. The normalized spacial score (nSPS) is 11.7. The third kappa shape index (κ3) is 6.45. The fourth-order valence-corrected chi connectivity index (χ4v) is 3.71. The molecule has 0 bridgehead atoms. The van der Waals surface area contributed by atoms with Gasteiger partial charge in [0.25, 0.3) is 5.91 Å². The van der Waals surface area contributed by atoms with Gasteiger partial charge in [0, 0.05) is 35.1 Å². The zero-order valence-electron chi connectivity index (χ0n) is 20.4. The number of hydrogen-bond acceptors (Lipinski definition) is 7. The molecule has 0 saturated carbocycles. The van der Waals surface area contributed by atoms with Crippen molar-refractivity contribution in [2.75, 3.05) is 5.32 Å². The molecule has 202 valence electrons. The van der Waals surface area contributed by atoms with Crippen molar-refractivity contribution >= 4 is 28.6 Å². The summed E-state index contributed by atoms with van der Waals surface area (Å²) in [4.78, 5) is 37.3. The topological polar surface area (TPSA) is 162 Å². The van der Waals surface area contributed by atoms with E-state index in [2.05, 4.69) is 36.4 Å². The standard InChI is InChI=1S/C24H18N8O.C2HF3O2/c25-8-6-21(16-3-1-4-17(11-16)24(33)31-19-5-2-9-26-13-19)32-14-18(12-30-32)22-20-7-10-27-23(20)29-15-28-22;3-2(4,5)1(6)7/h1-5,7,9-15,21H,6H2,(H,31,33)(H,27,28,29);(H,6,7).